The first-order chi connectivity index (χ1) is 9.65. The summed E-state index contributed by atoms with van der Waals surface area (Å²) in [5.74, 6) is 0.166. The fourth-order valence-corrected chi connectivity index (χ4v) is 2.83. The quantitative estimate of drug-likeness (QED) is 0.801. The van der Waals surface area contributed by atoms with Gasteiger partial charge in [-0.15, -0.1) is 0 Å². The fraction of sp³-hybridized carbons (Fsp3) is 0.412. The zero-order chi connectivity index (χ0) is 14.1. The molecule has 0 saturated carbocycles. The number of benzene rings is 1. The highest BCUT2D eigenvalue weighted by atomic mass is 16.1. The third kappa shape index (κ3) is 2.40. The number of hydrogen-bond donors (Lipinski definition) is 0. The molecular formula is C17H20N2O. The van der Waals surface area contributed by atoms with Crippen LogP contribution in [0.15, 0.2) is 24.5 Å². The zero-order valence-corrected chi connectivity index (χ0v) is 12.1. The Balaban J connectivity index is 1.82. The first-order valence-corrected chi connectivity index (χ1v) is 7.28. The van der Waals surface area contributed by atoms with Gasteiger partial charge in [-0.2, -0.15) is 0 Å². The average Bonchev–Trinajstić information content (AvgIpc) is 2.85. The molecule has 1 aromatic heterocycles. The maximum absolute atomic E-state index is 12.4. The molecule has 20 heavy (non-hydrogen) atoms. The minimum Gasteiger partial charge on any atom is -0.327 e. The van der Waals surface area contributed by atoms with Crippen molar-refractivity contribution in [1.29, 1.82) is 0 Å². The molecule has 3 heteroatoms. The molecule has 104 valence electrons. The molecule has 1 heterocycles. The number of aromatic nitrogens is 2. The van der Waals surface area contributed by atoms with Gasteiger partial charge in [-0.1, -0.05) is 12.1 Å². The molecule has 0 radical (unpaired) electrons. The molecule has 2 aromatic rings. The lowest BCUT2D eigenvalue weighted by molar-refractivity contribution is 0.0971. The van der Waals surface area contributed by atoms with Gasteiger partial charge in [-0.3, -0.25) is 4.79 Å². The molecular weight excluding hydrogens is 248 g/mol. The summed E-state index contributed by atoms with van der Waals surface area (Å²) in [4.78, 5) is 16.9. The standard InChI is InChI=1S/C17H20N2O/c1-12-7-8-14(9-13(12)2)17(20)10-19-11-18-15-5-3-4-6-16(15)19/h7-9,11H,3-6,10H2,1-2H3. The lowest BCUT2D eigenvalue weighted by Crippen LogP contribution is -2.14. The normalized spacial score (nSPS) is 14.1. The monoisotopic (exact) mass is 268 g/mol. The Hall–Kier alpha value is -1.90. The summed E-state index contributed by atoms with van der Waals surface area (Å²) < 4.78 is 2.03. The van der Waals surface area contributed by atoms with Crippen LogP contribution in [0.1, 0.15) is 45.7 Å². The zero-order valence-electron chi connectivity index (χ0n) is 12.1. The summed E-state index contributed by atoms with van der Waals surface area (Å²) in [5.41, 5.74) is 5.63. The number of fused-ring (bicyclic) bond motifs is 1. The van der Waals surface area contributed by atoms with Crippen molar-refractivity contribution in [2.45, 2.75) is 46.1 Å². The molecule has 1 aliphatic carbocycles. The summed E-state index contributed by atoms with van der Waals surface area (Å²) in [6, 6.07) is 5.93. The molecule has 3 rings (SSSR count). The van der Waals surface area contributed by atoms with E-state index in [1.54, 1.807) is 0 Å². The highest BCUT2D eigenvalue weighted by Crippen LogP contribution is 2.20. The van der Waals surface area contributed by atoms with Gasteiger partial charge >= 0.3 is 0 Å². The Morgan fingerprint density at radius 3 is 2.80 bits per heavy atom. The Morgan fingerprint density at radius 1 is 1.20 bits per heavy atom. The predicted molar refractivity (Wildman–Crippen MR) is 79.1 cm³/mol. The van der Waals surface area contributed by atoms with Crippen LogP contribution in [0.25, 0.3) is 0 Å². The van der Waals surface area contributed by atoms with Gasteiger partial charge in [0.1, 0.15) is 0 Å². The van der Waals surface area contributed by atoms with Crippen molar-refractivity contribution in [1.82, 2.24) is 9.55 Å². The van der Waals surface area contributed by atoms with Crippen LogP contribution < -0.4 is 0 Å². The van der Waals surface area contributed by atoms with E-state index in [4.69, 9.17) is 0 Å². The van der Waals surface area contributed by atoms with E-state index >= 15 is 0 Å². The molecule has 0 fully saturated rings. The number of carbonyl (C=O) groups excluding carboxylic acids is 1. The number of carbonyl (C=O) groups is 1. The summed E-state index contributed by atoms with van der Waals surface area (Å²) in [6.45, 7) is 4.52. The maximum atomic E-state index is 12.4. The van der Waals surface area contributed by atoms with Gasteiger partial charge < -0.3 is 4.57 Å². The minimum absolute atomic E-state index is 0.166. The Morgan fingerprint density at radius 2 is 2.00 bits per heavy atom. The molecule has 0 bridgehead atoms. The van der Waals surface area contributed by atoms with Gasteiger partial charge in [0.15, 0.2) is 5.78 Å². The third-order valence-corrected chi connectivity index (χ3v) is 4.25. The number of Topliss-reactive ketones (excluding diaryl/α,β-unsaturated/α-hetero) is 1. The number of ketones is 1. The van der Waals surface area contributed by atoms with E-state index in [-0.39, 0.29) is 5.78 Å². The van der Waals surface area contributed by atoms with E-state index < -0.39 is 0 Å². The highest BCUT2D eigenvalue weighted by Gasteiger charge is 2.17. The number of hydrogen-bond acceptors (Lipinski definition) is 2. The van der Waals surface area contributed by atoms with Crippen LogP contribution in [0.5, 0.6) is 0 Å². The van der Waals surface area contributed by atoms with Gasteiger partial charge in [-0.25, -0.2) is 4.98 Å². The van der Waals surface area contributed by atoms with E-state index in [2.05, 4.69) is 11.9 Å². The van der Waals surface area contributed by atoms with Crippen LogP contribution >= 0.6 is 0 Å². The van der Waals surface area contributed by atoms with Gasteiger partial charge in [0.2, 0.25) is 0 Å². The van der Waals surface area contributed by atoms with Crippen LogP contribution in [-0.2, 0) is 19.4 Å². The lowest BCUT2D eigenvalue weighted by atomic mass is 10.0. The van der Waals surface area contributed by atoms with Gasteiger partial charge in [0.25, 0.3) is 0 Å². The third-order valence-electron chi connectivity index (χ3n) is 4.25. The van der Waals surface area contributed by atoms with Crippen LogP contribution in [-0.4, -0.2) is 15.3 Å². The topological polar surface area (TPSA) is 34.9 Å². The van der Waals surface area contributed by atoms with E-state index in [9.17, 15) is 4.79 Å². The minimum atomic E-state index is 0.166. The van der Waals surface area contributed by atoms with Crippen LogP contribution in [0.3, 0.4) is 0 Å². The molecule has 0 atom stereocenters. The smallest absolute Gasteiger partial charge is 0.182 e. The highest BCUT2D eigenvalue weighted by molar-refractivity contribution is 5.96. The molecule has 1 aromatic carbocycles. The molecule has 0 amide bonds. The summed E-state index contributed by atoms with van der Waals surface area (Å²) in [5, 5.41) is 0. The van der Waals surface area contributed by atoms with Crippen LogP contribution in [0.4, 0.5) is 0 Å². The van der Waals surface area contributed by atoms with E-state index in [0.29, 0.717) is 6.54 Å². The summed E-state index contributed by atoms with van der Waals surface area (Å²) in [7, 11) is 0. The fourth-order valence-electron chi connectivity index (χ4n) is 2.83. The van der Waals surface area contributed by atoms with E-state index in [1.807, 2.05) is 36.0 Å². The number of rotatable bonds is 3. The van der Waals surface area contributed by atoms with E-state index in [1.165, 1.54) is 35.4 Å². The van der Waals surface area contributed by atoms with E-state index in [0.717, 1.165) is 18.4 Å². The predicted octanol–water partition coefficient (Wildman–Crippen LogP) is 3.26. The second-order valence-electron chi connectivity index (χ2n) is 5.70. The maximum Gasteiger partial charge on any atom is 0.182 e. The lowest BCUT2D eigenvalue weighted by Gasteiger charge is -2.13. The molecule has 0 unspecified atom stereocenters. The molecule has 1 aliphatic rings. The first-order valence-electron chi connectivity index (χ1n) is 7.28. The Bertz CT molecular complexity index is 655. The summed E-state index contributed by atoms with van der Waals surface area (Å²) >= 11 is 0. The van der Waals surface area contributed by atoms with Crippen molar-refractivity contribution < 1.29 is 4.79 Å². The van der Waals surface area contributed by atoms with Gasteiger partial charge in [0.05, 0.1) is 18.6 Å². The second-order valence-corrected chi connectivity index (χ2v) is 5.70. The Labute approximate surface area is 119 Å². The van der Waals surface area contributed by atoms with Gasteiger partial charge in [0, 0.05) is 11.3 Å². The van der Waals surface area contributed by atoms with Gasteiger partial charge in [-0.05, 0) is 56.7 Å². The van der Waals surface area contributed by atoms with Crippen molar-refractivity contribution in [3.8, 4) is 0 Å². The molecule has 0 N–H and O–H groups in total. The van der Waals surface area contributed by atoms with Crippen molar-refractivity contribution in [2.75, 3.05) is 0 Å². The SMILES string of the molecule is Cc1ccc(C(=O)Cn2cnc3c2CCCC3)cc1C. The second kappa shape index (κ2) is 5.23. The molecule has 3 nitrogen and oxygen atoms in total. The van der Waals surface area contributed by atoms with Crippen molar-refractivity contribution in [3.05, 3.63) is 52.6 Å². The van der Waals surface area contributed by atoms with Crippen molar-refractivity contribution in [3.63, 3.8) is 0 Å². The Kier molecular flexibility index (Phi) is 3.43. The van der Waals surface area contributed by atoms with Crippen LogP contribution in [0.2, 0.25) is 0 Å². The molecule has 0 spiro atoms. The number of nitrogens with zero attached hydrogens (tertiary/aromatic N) is 2. The van der Waals surface area contributed by atoms with Crippen LogP contribution in [0, 0.1) is 13.8 Å². The largest absolute Gasteiger partial charge is 0.327 e. The first kappa shape index (κ1) is 13.1. The molecule has 0 saturated heterocycles. The van der Waals surface area contributed by atoms with Crippen molar-refractivity contribution in [2.24, 2.45) is 0 Å². The summed E-state index contributed by atoms with van der Waals surface area (Å²) in [6.07, 6.45) is 6.36. The van der Waals surface area contributed by atoms with Crippen molar-refractivity contribution >= 4 is 5.78 Å². The number of imidazole rings is 1. The average molecular weight is 268 g/mol. The number of aryl methyl sites for hydroxylation is 3. The molecule has 0 aliphatic heterocycles.